The monoisotopic (exact) mass is 177 g/mol. The van der Waals surface area contributed by atoms with Gasteiger partial charge in [-0.1, -0.05) is 11.5 Å². The van der Waals surface area contributed by atoms with Crippen molar-refractivity contribution in [1.29, 1.82) is 0 Å². The molecule has 1 N–H and O–H groups in total. The van der Waals surface area contributed by atoms with Gasteiger partial charge in [0.2, 0.25) is 5.91 Å². The molecular weight excluding hydrogens is 162 g/mol. The highest BCUT2D eigenvalue weighted by atomic mass is 16.1. The van der Waals surface area contributed by atoms with Crippen molar-refractivity contribution in [3.63, 3.8) is 0 Å². The van der Waals surface area contributed by atoms with Crippen molar-refractivity contribution in [2.24, 2.45) is 0 Å². The summed E-state index contributed by atoms with van der Waals surface area (Å²) in [6.07, 6.45) is 10.2. The average Bonchev–Trinajstić information content (AvgIpc) is 1.96. The lowest BCUT2D eigenvalue weighted by Crippen LogP contribution is -2.41. The first kappa shape index (κ1) is 9.85. The van der Waals surface area contributed by atoms with Crippen LogP contribution < -0.4 is 5.32 Å². The van der Waals surface area contributed by atoms with Gasteiger partial charge in [-0.2, -0.15) is 0 Å². The number of terminal acetylenes is 1. The van der Waals surface area contributed by atoms with E-state index in [1.807, 2.05) is 13.8 Å². The fourth-order valence-electron chi connectivity index (χ4n) is 1.09. The summed E-state index contributed by atoms with van der Waals surface area (Å²) in [5.41, 5.74) is 0.683. The molecule has 2 heteroatoms. The Hall–Kier alpha value is -1.23. The number of hydrogen-bond acceptors (Lipinski definition) is 1. The first-order valence-corrected chi connectivity index (χ1v) is 4.53. The van der Waals surface area contributed by atoms with Gasteiger partial charge in [-0.3, -0.25) is 4.79 Å². The molecule has 0 radical (unpaired) electrons. The zero-order chi connectivity index (χ0) is 9.90. The van der Waals surface area contributed by atoms with Gasteiger partial charge in [0.05, 0.1) is 5.54 Å². The second-order valence-corrected chi connectivity index (χ2v) is 3.91. The molecule has 0 spiro atoms. The molecule has 2 nitrogen and oxygen atoms in total. The van der Waals surface area contributed by atoms with Gasteiger partial charge in [-0.15, -0.1) is 6.42 Å². The lowest BCUT2D eigenvalue weighted by Gasteiger charge is -2.20. The van der Waals surface area contributed by atoms with Gasteiger partial charge in [0.15, 0.2) is 0 Å². The maximum atomic E-state index is 11.3. The van der Waals surface area contributed by atoms with Crippen LogP contribution in [0.4, 0.5) is 0 Å². The fraction of sp³-hybridized carbons (Fsp3) is 0.545. The van der Waals surface area contributed by atoms with E-state index in [0.717, 1.165) is 12.8 Å². The molecule has 13 heavy (non-hydrogen) atoms. The van der Waals surface area contributed by atoms with Crippen molar-refractivity contribution >= 4 is 5.91 Å². The predicted octanol–water partition coefficient (Wildman–Crippen LogP) is 1.62. The second kappa shape index (κ2) is 3.66. The third-order valence-corrected chi connectivity index (χ3v) is 2.13. The van der Waals surface area contributed by atoms with Crippen LogP contribution in [0.5, 0.6) is 0 Å². The highest BCUT2D eigenvalue weighted by Gasteiger charge is 2.17. The van der Waals surface area contributed by atoms with Crippen molar-refractivity contribution in [2.45, 2.75) is 38.6 Å². The van der Waals surface area contributed by atoms with E-state index in [4.69, 9.17) is 6.42 Å². The van der Waals surface area contributed by atoms with E-state index < -0.39 is 5.54 Å². The number of nitrogens with one attached hydrogen (secondary N) is 1. The molecule has 1 amide bonds. The highest BCUT2D eigenvalue weighted by molar-refractivity contribution is 5.89. The van der Waals surface area contributed by atoms with Crippen molar-refractivity contribution in [2.75, 3.05) is 0 Å². The quantitative estimate of drug-likeness (QED) is 0.504. The van der Waals surface area contributed by atoms with Crippen LogP contribution in [-0.2, 0) is 4.79 Å². The molecule has 0 heterocycles. The molecule has 1 saturated carbocycles. The Morgan fingerprint density at radius 3 is 2.62 bits per heavy atom. The fourth-order valence-corrected chi connectivity index (χ4v) is 1.09. The van der Waals surface area contributed by atoms with Gasteiger partial charge in [-0.25, -0.2) is 0 Å². The SMILES string of the molecule is C#CC(C)(C)NC(=O)C=C1CCC1. The second-order valence-electron chi connectivity index (χ2n) is 3.91. The summed E-state index contributed by atoms with van der Waals surface area (Å²) in [6.45, 7) is 3.62. The Kier molecular flexibility index (Phi) is 2.77. The average molecular weight is 177 g/mol. The molecule has 0 aromatic heterocycles. The lowest BCUT2D eigenvalue weighted by molar-refractivity contribution is -0.117. The summed E-state index contributed by atoms with van der Waals surface area (Å²) in [6, 6.07) is 0. The Morgan fingerprint density at radius 2 is 2.23 bits per heavy atom. The van der Waals surface area contributed by atoms with E-state index in [0.29, 0.717) is 0 Å². The minimum absolute atomic E-state index is 0.0716. The van der Waals surface area contributed by atoms with Crippen molar-refractivity contribution in [3.05, 3.63) is 11.6 Å². The minimum atomic E-state index is -0.544. The van der Waals surface area contributed by atoms with E-state index in [1.165, 1.54) is 12.0 Å². The maximum Gasteiger partial charge on any atom is 0.245 e. The van der Waals surface area contributed by atoms with Gasteiger partial charge in [0.1, 0.15) is 0 Å². The van der Waals surface area contributed by atoms with Crippen LogP contribution in [-0.4, -0.2) is 11.4 Å². The molecule has 0 aliphatic heterocycles. The third kappa shape index (κ3) is 2.95. The highest BCUT2D eigenvalue weighted by Crippen LogP contribution is 2.24. The number of allylic oxidation sites excluding steroid dienone is 1. The van der Waals surface area contributed by atoms with Crippen LogP contribution in [0.3, 0.4) is 0 Å². The zero-order valence-corrected chi connectivity index (χ0v) is 8.18. The first-order chi connectivity index (χ1) is 6.03. The standard InChI is InChI=1S/C11H15NO/c1-4-11(2,3)12-10(13)8-9-6-5-7-9/h1,8H,5-7H2,2-3H3,(H,12,13). The molecule has 0 atom stereocenters. The molecule has 0 aromatic rings. The molecule has 0 unspecified atom stereocenters. The number of hydrogen-bond donors (Lipinski definition) is 1. The van der Waals surface area contributed by atoms with E-state index in [2.05, 4.69) is 11.2 Å². The first-order valence-electron chi connectivity index (χ1n) is 4.53. The van der Waals surface area contributed by atoms with E-state index in [-0.39, 0.29) is 5.91 Å². The molecule has 1 fully saturated rings. The van der Waals surface area contributed by atoms with Crippen LogP contribution in [0.2, 0.25) is 0 Å². The molecule has 0 aromatic carbocycles. The maximum absolute atomic E-state index is 11.3. The Labute approximate surface area is 79.4 Å². The third-order valence-electron chi connectivity index (χ3n) is 2.13. The minimum Gasteiger partial charge on any atom is -0.337 e. The molecule has 0 bridgehead atoms. The number of carbonyl (C=O) groups is 1. The van der Waals surface area contributed by atoms with Gasteiger partial charge < -0.3 is 5.32 Å². The summed E-state index contributed by atoms with van der Waals surface area (Å²) in [5.74, 6) is 2.45. The van der Waals surface area contributed by atoms with Gasteiger partial charge in [0, 0.05) is 6.08 Å². The predicted molar refractivity (Wildman–Crippen MR) is 53.0 cm³/mol. The zero-order valence-electron chi connectivity index (χ0n) is 8.18. The molecule has 1 aliphatic rings. The van der Waals surface area contributed by atoms with Gasteiger partial charge in [0.25, 0.3) is 0 Å². The largest absolute Gasteiger partial charge is 0.337 e. The lowest BCUT2D eigenvalue weighted by atomic mass is 9.92. The van der Waals surface area contributed by atoms with Crippen molar-refractivity contribution in [3.8, 4) is 12.3 Å². The summed E-state index contributed by atoms with van der Waals surface area (Å²) in [4.78, 5) is 11.3. The Bertz CT molecular complexity index is 275. The van der Waals surface area contributed by atoms with E-state index in [1.54, 1.807) is 6.08 Å². The van der Waals surface area contributed by atoms with Crippen molar-refractivity contribution in [1.82, 2.24) is 5.32 Å². The van der Waals surface area contributed by atoms with Crippen LogP contribution in [0, 0.1) is 12.3 Å². The smallest absolute Gasteiger partial charge is 0.245 e. The van der Waals surface area contributed by atoms with Gasteiger partial charge in [-0.05, 0) is 33.1 Å². The normalized spacial score (nSPS) is 15.6. The number of amides is 1. The van der Waals surface area contributed by atoms with Gasteiger partial charge >= 0.3 is 0 Å². The number of carbonyl (C=O) groups excluding carboxylic acids is 1. The van der Waals surface area contributed by atoms with Crippen molar-refractivity contribution < 1.29 is 4.79 Å². The Morgan fingerprint density at radius 1 is 1.62 bits per heavy atom. The van der Waals surface area contributed by atoms with E-state index >= 15 is 0 Å². The molecule has 70 valence electrons. The van der Waals surface area contributed by atoms with E-state index in [9.17, 15) is 4.79 Å². The topological polar surface area (TPSA) is 29.1 Å². The molecule has 1 aliphatic carbocycles. The molecule has 0 saturated heterocycles. The molecular formula is C11H15NO. The summed E-state index contributed by atoms with van der Waals surface area (Å²) >= 11 is 0. The summed E-state index contributed by atoms with van der Waals surface area (Å²) in [5, 5.41) is 2.75. The Balaban J connectivity index is 2.46. The number of rotatable bonds is 2. The van der Waals surface area contributed by atoms with Crippen LogP contribution in [0.25, 0.3) is 0 Å². The van der Waals surface area contributed by atoms with Crippen LogP contribution in [0.1, 0.15) is 33.1 Å². The molecule has 1 rings (SSSR count). The summed E-state index contributed by atoms with van der Waals surface area (Å²) < 4.78 is 0. The van der Waals surface area contributed by atoms with Crippen LogP contribution >= 0.6 is 0 Å². The summed E-state index contributed by atoms with van der Waals surface area (Å²) in [7, 11) is 0. The van der Waals surface area contributed by atoms with Crippen LogP contribution in [0.15, 0.2) is 11.6 Å².